The molecule has 2 saturated heterocycles. The lowest BCUT2D eigenvalue weighted by molar-refractivity contribution is 0.174. The molecule has 3 heterocycles. The Morgan fingerprint density at radius 2 is 2.24 bits per heavy atom. The van der Waals surface area contributed by atoms with E-state index in [2.05, 4.69) is 23.2 Å². The summed E-state index contributed by atoms with van der Waals surface area (Å²) in [5.41, 5.74) is 1.22. The molecular weight excluding hydrogens is 288 g/mol. The van der Waals surface area contributed by atoms with Crippen LogP contribution in [0.5, 0.6) is 11.5 Å². The minimum atomic E-state index is 0.273. The van der Waals surface area contributed by atoms with E-state index >= 15 is 0 Å². The monoisotopic (exact) mass is 308 g/mol. The van der Waals surface area contributed by atoms with Crippen molar-refractivity contribution >= 4 is 11.6 Å². The predicted molar refractivity (Wildman–Crippen MR) is 81.9 cm³/mol. The Kier molecular flexibility index (Phi) is 3.48. The first-order chi connectivity index (χ1) is 10.3. The van der Waals surface area contributed by atoms with Crippen LogP contribution in [0.1, 0.15) is 18.9 Å². The second-order valence-corrected chi connectivity index (χ2v) is 6.71. The van der Waals surface area contributed by atoms with Crippen molar-refractivity contribution < 1.29 is 9.47 Å². The van der Waals surface area contributed by atoms with Crippen molar-refractivity contribution in [1.82, 2.24) is 10.2 Å². The molecule has 1 N–H and O–H groups in total. The van der Waals surface area contributed by atoms with Gasteiger partial charge in [0.15, 0.2) is 11.5 Å². The SMILES string of the molecule is CCC1C2CNCC2CN1Cc1cc(Cl)c2c(c1)OCO2. The lowest BCUT2D eigenvalue weighted by Crippen LogP contribution is -2.34. The Morgan fingerprint density at radius 3 is 3.10 bits per heavy atom. The van der Waals surface area contributed by atoms with Gasteiger partial charge in [0.1, 0.15) is 0 Å². The number of nitrogens with zero attached hydrogens (tertiary/aromatic N) is 1. The van der Waals surface area contributed by atoms with Crippen LogP contribution in [-0.4, -0.2) is 37.4 Å². The van der Waals surface area contributed by atoms with Crippen LogP contribution in [0, 0.1) is 11.8 Å². The Bertz CT molecular complexity index is 551. The number of halogens is 1. The second-order valence-electron chi connectivity index (χ2n) is 6.30. The molecule has 0 bridgehead atoms. The molecule has 0 saturated carbocycles. The second kappa shape index (κ2) is 5.34. The smallest absolute Gasteiger partial charge is 0.231 e. The standard InChI is InChI=1S/C16H21ClN2O2/c1-2-14-12-6-18-5-11(12)8-19(14)7-10-3-13(17)16-15(4-10)20-9-21-16/h3-4,11-12,14,18H,2,5-9H2,1H3. The van der Waals surface area contributed by atoms with Gasteiger partial charge in [0.05, 0.1) is 5.02 Å². The first-order valence-electron chi connectivity index (χ1n) is 7.79. The lowest BCUT2D eigenvalue weighted by atomic mass is 9.93. The number of benzene rings is 1. The minimum absolute atomic E-state index is 0.273. The van der Waals surface area contributed by atoms with E-state index < -0.39 is 0 Å². The molecule has 0 aliphatic carbocycles. The molecule has 3 aliphatic heterocycles. The molecule has 21 heavy (non-hydrogen) atoms. The summed E-state index contributed by atoms with van der Waals surface area (Å²) in [6.07, 6.45) is 1.21. The third-order valence-corrected chi connectivity index (χ3v) is 5.40. The van der Waals surface area contributed by atoms with Gasteiger partial charge in [-0.15, -0.1) is 0 Å². The summed E-state index contributed by atoms with van der Waals surface area (Å²) in [6, 6.07) is 4.77. The minimum Gasteiger partial charge on any atom is -0.454 e. The highest BCUT2D eigenvalue weighted by Gasteiger charge is 2.42. The first-order valence-corrected chi connectivity index (χ1v) is 8.17. The van der Waals surface area contributed by atoms with E-state index in [-0.39, 0.29) is 6.79 Å². The third-order valence-electron chi connectivity index (χ3n) is 5.12. The molecule has 0 radical (unpaired) electrons. The predicted octanol–water partition coefficient (Wildman–Crippen LogP) is 2.50. The number of rotatable bonds is 3. The maximum atomic E-state index is 6.29. The Morgan fingerprint density at radius 1 is 1.33 bits per heavy atom. The number of likely N-dealkylation sites (tertiary alicyclic amines) is 1. The average molecular weight is 309 g/mol. The number of nitrogens with one attached hydrogen (secondary N) is 1. The number of hydrogen-bond donors (Lipinski definition) is 1. The fourth-order valence-electron chi connectivity index (χ4n) is 4.20. The molecule has 4 rings (SSSR count). The van der Waals surface area contributed by atoms with Gasteiger partial charge >= 0.3 is 0 Å². The molecule has 0 aromatic heterocycles. The molecule has 114 valence electrons. The molecular formula is C16H21ClN2O2. The molecule has 2 fully saturated rings. The topological polar surface area (TPSA) is 33.7 Å². The van der Waals surface area contributed by atoms with Crippen LogP contribution in [0.3, 0.4) is 0 Å². The fourth-order valence-corrected chi connectivity index (χ4v) is 4.49. The van der Waals surface area contributed by atoms with Crippen molar-refractivity contribution in [2.24, 2.45) is 11.8 Å². The molecule has 0 amide bonds. The summed E-state index contributed by atoms with van der Waals surface area (Å²) < 4.78 is 10.9. The highest BCUT2D eigenvalue weighted by atomic mass is 35.5. The van der Waals surface area contributed by atoms with Gasteiger partial charge in [-0.05, 0) is 49.0 Å². The Labute approximate surface area is 130 Å². The van der Waals surface area contributed by atoms with E-state index in [9.17, 15) is 0 Å². The van der Waals surface area contributed by atoms with Gasteiger partial charge < -0.3 is 14.8 Å². The molecule has 3 aliphatic rings. The van der Waals surface area contributed by atoms with Crippen LogP contribution in [0.15, 0.2) is 12.1 Å². The molecule has 3 atom stereocenters. The van der Waals surface area contributed by atoms with Crippen molar-refractivity contribution in [2.75, 3.05) is 26.4 Å². The third kappa shape index (κ3) is 2.30. The zero-order valence-corrected chi connectivity index (χ0v) is 13.0. The van der Waals surface area contributed by atoms with E-state index in [4.69, 9.17) is 21.1 Å². The van der Waals surface area contributed by atoms with Gasteiger partial charge in [-0.1, -0.05) is 18.5 Å². The molecule has 1 aromatic carbocycles. The fraction of sp³-hybridized carbons (Fsp3) is 0.625. The van der Waals surface area contributed by atoms with Gasteiger partial charge in [0.25, 0.3) is 0 Å². The number of fused-ring (bicyclic) bond motifs is 2. The summed E-state index contributed by atoms with van der Waals surface area (Å²) in [7, 11) is 0. The van der Waals surface area contributed by atoms with Crippen LogP contribution >= 0.6 is 11.6 Å². The molecule has 3 unspecified atom stereocenters. The molecule has 4 nitrogen and oxygen atoms in total. The van der Waals surface area contributed by atoms with Crippen molar-refractivity contribution in [1.29, 1.82) is 0 Å². The largest absolute Gasteiger partial charge is 0.454 e. The molecule has 1 aromatic rings. The summed E-state index contributed by atoms with van der Waals surface area (Å²) in [6.45, 7) is 7.03. The highest BCUT2D eigenvalue weighted by Crippen LogP contribution is 2.41. The van der Waals surface area contributed by atoms with Crippen molar-refractivity contribution in [3.05, 3.63) is 22.7 Å². The van der Waals surface area contributed by atoms with Crippen LogP contribution in [0.2, 0.25) is 5.02 Å². The highest BCUT2D eigenvalue weighted by molar-refractivity contribution is 6.32. The van der Waals surface area contributed by atoms with E-state index in [0.717, 1.165) is 24.1 Å². The Balaban J connectivity index is 1.55. The van der Waals surface area contributed by atoms with E-state index in [1.54, 1.807) is 0 Å². The van der Waals surface area contributed by atoms with E-state index in [1.807, 2.05) is 6.07 Å². The first kappa shape index (κ1) is 13.7. The van der Waals surface area contributed by atoms with Crippen molar-refractivity contribution in [3.63, 3.8) is 0 Å². The normalized spacial score (nSPS) is 30.9. The van der Waals surface area contributed by atoms with Gasteiger partial charge in [-0.2, -0.15) is 0 Å². The summed E-state index contributed by atoms with van der Waals surface area (Å²) in [5, 5.41) is 4.19. The number of ether oxygens (including phenoxy) is 2. The maximum absolute atomic E-state index is 6.29. The lowest BCUT2D eigenvalue weighted by Gasteiger charge is -2.27. The van der Waals surface area contributed by atoms with Crippen molar-refractivity contribution in [2.45, 2.75) is 25.9 Å². The maximum Gasteiger partial charge on any atom is 0.231 e. The van der Waals surface area contributed by atoms with Gasteiger partial charge in [-0.3, -0.25) is 4.90 Å². The van der Waals surface area contributed by atoms with Crippen LogP contribution in [-0.2, 0) is 6.54 Å². The summed E-state index contributed by atoms with van der Waals surface area (Å²) in [5.74, 6) is 3.08. The van der Waals surface area contributed by atoms with Gasteiger partial charge in [0.2, 0.25) is 6.79 Å². The summed E-state index contributed by atoms with van der Waals surface area (Å²) >= 11 is 6.29. The quantitative estimate of drug-likeness (QED) is 0.930. The van der Waals surface area contributed by atoms with E-state index in [1.165, 1.54) is 31.6 Å². The zero-order chi connectivity index (χ0) is 14.4. The van der Waals surface area contributed by atoms with Crippen molar-refractivity contribution in [3.8, 4) is 11.5 Å². The van der Waals surface area contributed by atoms with Crippen LogP contribution < -0.4 is 14.8 Å². The molecule has 0 spiro atoms. The van der Waals surface area contributed by atoms with Gasteiger partial charge in [-0.25, -0.2) is 0 Å². The molecule has 5 heteroatoms. The Hall–Kier alpha value is -0.970. The van der Waals surface area contributed by atoms with Gasteiger partial charge in [0, 0.05) is 19.1 Å². The van der Waals surface area contributed by atoms with Crippen LogP contribution in [0.4, 0.5) is 0 Å². The van der Waals surface area contributed by atoms with E-state index in [0.29, 0.717) is 16.8 Å². The zero-order valence-electron chi connectivity index (χ0n) is 12.3. The average Bonchev–Trinajstić information content (AvgIpc) is 3.13. The summed E-state index contributed by atoms with van der Waals surface area (Å²) in [4.78, 5) is 2.62. The number of hydrogen-bond acceptors (Lipinski definition) is 4. The van der Waals surface area contributed by atoms with Crippen LogP contribution in [0.25, 0.3) is 0 Å².